The van der Waals surface area contributed by atoms with Gasteiger partial charge in [0.05, 0.1) is 12.2 Å². The third kappa shape index (κ3) is 4.15. The molecule has 0 aliphatic carbocycles. The van der Waals surface area contributed by atoms with Gasteiger partial charge in [-0.1, -0.05) is 31.2 Å². The number of aryl methyl sites for hydroxylation is 3. The van der Waals surface area contributed by atoms with E-state index in [4.69, 9.17) is 0 Å². The Morgan fingerprint density at radius 2 is 1.64 bits per heavy atom. The molecule has 0 spiro atoms. The van der Waals surface area contributed by atoms with E-state index in [0.29, 0.717) is 12.1 Å². The molecule has 0 bridgehead atoms. The minimum atomic E-state index is -0.0955. The molecule has 1 aromatic heterocycles. The van der Waals surface area contributed by atoms with E-state index in [1.54, 1.807) is 0 Å². The highest BCUT2D eigenvalue weighted by molar-refractivity contribution is 6.04. The van der Waals surface area contributed by atoms with Crippen LogP contribution in [0.15, 0.2) is 54.6 Å². The molecule has 0 aliphatic rings. The Morgan fingerprint density at radius 1 is 1.00 bits per heavy atom. The largest absolute Gasteiger partial charge is 0.322 e. The number of hydrogen-bond acceptors (Lipinski definition) is 2. The molecule has 128 valence electrons. The van der Waals surface area contributed by atoms with Gasteiger partial charge in [-0.3, -0.25) is 9.48 Å². The first-order valence-electron chi connectivity index (χ1n) is 8.55. The molecule has 4 nitrogen and oxygen atoms in total. The Kier molecular flexibility index (Phi) is 4.98. The molecule has 1 N–H and O–H groups in total. The molecule has 0 saturated carbocycles. The van der Waals surface area contributed by atoms with E-state index in [9.17, 15) is 4.79 Å². The molecule has 1 amide bonds. The first kappa shape index (κ1) is 17.0. The normalized spacial score (nSPS) is 10.7. The van der Waals surface area contributed by atoms with Gasteiger partial charge in [-0.2, -0.15) is 5.10 Å². The molecular weight excluding hydrogens is 310 g/mol. The van der Waals surface area contributed by atoms with Gasteiger partial charge in [0.25, 0.3) is 5.91 Å². The highest BCUT2D eigenvalue weighted by Crippen LogP contribution is 2.13. The molecule has 25 heavy (non-hydrogen) atoms. The average molecular weight is 333 g/mol. The highest BCUT2D eigenvalue weighted by Gasteiger charge is 2.07. The number of carbonyl (C=O) groups is 1. The molecule has 3 aromatic rings. The van der Waals surface area contributed by atoms with Gasteiger partial charge in [-0.15, -0.1) is 0 Å². The summed E-state index contributed by atoms with van der Waals surface area (Å²) in [5.41, 5.74) is 5.99. The third-order valence-electron chi connectivity index (χ3n) is 4.27. The molecule has 1 heterocycles. The summed E-state index contributed by atoms with van der Waals surface area (Å²) in [6.07, 6.45) is 0.991. The lowest BCUT2D eigenvalue weighted by Crippen LogP contribution is -2.12. The Bertz CT molecular complexity index is 861. The second kappa shape index (κ2) is 7.34. The number of nitrogens with one attached hydrogen (secondary N) is 1. The van der Waals surface area contributed by atoms with E-state index in [0.717, 1.165) is 29.1 Å². The molecule has 0 unspecified atom stereocenters. The number of hydrogen-bond donors (Lipinski definition) is 1. The summed E-state index contributed by atoms with van der Waals surface area (Å²) in [6.45, 7) is 6.86. The van der Waals surface area contributed by atoms with Gasteiger partial charge in [0.2, 0.25) is 0 Å². The summed E-state index contributed by atoms with van der Waals surface area (Å²) in [5.74, 6) is -0.0955. The van der Waals surface area contributed by atoms with Crippen LogP contribution < -0.4 is 5.32 Å². The van der Waals surface area contributed by atoms with Crippen molar-refractivity contribution in [3.63, 3.8) is 0 Å². The fraction of sp³-hybridized carbons (Fsp3) is 0.238. The van der Waals surface area contributed by atoms with Crippen molar-refractivity contribution in [3.05, 3.63) is 82.7 Å². The van der Waals surface area contributed by atoms with Crippen LogP contribution in [0.2, 0.25) is 0 Å². The van der Waals surface area contributed by atoms with Gasteiger partial charge in [-0.05, 0) is 61.7 Å². The highest BCUT2D eigenvalue weighted by atomic mass is 16.1. The average Bonchev–Trinajstić information content (AvgIpc) is 2.93. The number of nitrogens with zero attached hydrogens (tertiary/aromatic N) is 2. The molecule has 3 rings (SSSR count). The summed E-state index contributed by atoms with van der Waals surface area (Å²) in [4.78, 5) is 12.4. The van der Waals surface area contributed by atoms with Crippen molar-refractivity contribution in [3.8, 4) is 0 Å². The SMILES string of the molecule is CCc1ccc(NC(=O)c2ccc(Cn3nc(C)cc3C)cc2)cc1. The van der Waals surface area contributed by atoms with E-state index in [2.05, 4.69) is 23.4 Å². The van der Waals surface area contributed by atoms with Gasteiger partial charge in [0.1, 0.15) is 0 Å². The van der Waals surface area contributed by atoms with Crippen LogP contribution in [-0.2, 0) is 13.0 Å². The fourth-order valence-corrected chi connectivity index (χ4v) is 2.80. The van der Waals surface area contributed by atoms with E-state index < -0.39 is 0 Å². The number of carbonyl (C=O) groups excluding carboxylic acids is 1. The maximum atomic E-state index is 12.4. The van der Waals surface area contributed by atoms with Crippen LogP contribution in [0.5, 0.6) is 0 Å². The Balaban J connectivity index is 1.66. The molecule has 0 radical (unpaired) electrons. The second-order valence-electron chi connectivity index (χ2n) is 6.29. The van der Waals surface area contributed by atoms with E-state index in [1.807, 2.05) is 67.1 Å². The summed E-state index contributed by atoms with van der Waals surface area (Å²) >= 11 is 0. The molecule has 2 aromatic carbocycles. The van der Waals surface area contributed by atoms with Gasteiger partial charge in [0.15, 0.2) is 0 Å². The van der Waals surface area contributed by atoms with Crippen molar-refractivity contribution < 1.29 is 4.79 Å². The predicted molar refractivity (Wildman–Crippen MR) is 101 cm³/mol. The summed E-state index contributed by atoms with van der Waals surface area (Å²) in [6, 6.07) is 17.7. The summed E-state index contributed by atoms with van der Waals surface area (Å²) < 4.78 is 1.97. The lowest BCUT2D eigenvalue weighted by Gasteiger charge is -2.08. The van der Waals surface area contributed by atoms with Gasteiger partial charge >= 0.3 is 0 Å². The van der Waals surface area contributed by atoms with Crippen molar-refractivity contribution in [1.29, 1.82) is 0 Å². The van der Waals surface area contributed by atoms with Crippen molar-refractivity contribution in [1.82, 2.24) is 9.78 Å². The Morgan fingerprint density at radius 3 is 2.20 bits per heavy atom. The van der Waals surface area contributed by atoms with Crippen LogP contribution in [0, 0.1) is 13.8 Å². The minimum Gasteiger partial charge on any atom is -0.322 e. The zero-order chi connectivity index (χ0) is 17.8. The van der Waals surface area contributed by atoms with Crippen molar-refractivity contribution >= 4 is 11.6 Å². The third-order valence-corrected chi connectivity index (χ3v) is 4.27. The Hall–Kier alpha value is -2.88. The molecular formula is C21H23N3O. The smallest absolute Gasteiger partial charge is 0.255 e. The van der Waals surface area contributed by atoms with Crippen LogP contribution in [0.1, 0.15) is 39.8 Å². The number of anilines is 1. The van der Waals surface area contributed by atoms with Gasteiger partial charge < -0.3 is 5.32 Å². The van der Waals surface area contributed by atoms with Crippen molar-refractivity contribution in [2.75, 3.05) is 5.32 Å². The summed E-state index contributed by atoms with van der Waals surface area (Å²) in [5, 5.41) is 7.40. The monoisotopic (exact) mass is 333 g/mol. The first-order chi connectivity index (χ1) is 12.0. The number of amides is 1. The number of benzene rings is 2. The van der Waals surface area contributed by atoms with Crippen LogP contribution in [0.3, 0.4) is 0 Å². The van der Waals surface area contributed by atoms with Gasteiger partial charge in [0, 0.05) is 16.9 Å². The van der Waals surface area contributed by atoms with E-state index in [1.165, 1.54) is 5.56 Å². The quantitative estimate of drug-likeness (QED) is 0.754. The predicted octanol–water partition coefficient (Wildman–Crippen LogP) is 4.36. The maximum absolute atomic E-state index is 12.4. The van der Waals surface area contributed by atoms with Crippen LogP contribution in [-0.4, -0.2) is 15.7 Å². The van der Waals surface area contributed by atoms with E-state index >= 15 is 0 Å². The molecule has 0 saturated heterocycles. The van der Waals surface area contributed by atoms with Crippen LogP contribution in [0.25, 0.3) is 0 Å². The lowest BCUT2D eigenvalue weighted by molar-refractivity contribution is 0.102. The number of aromatic nitrogens is 2. The number of rotatable bonds is 5. The standard InChI is InChI=1S/C21H23N3O/c1-4-17-7-11-20(12-8-17)22-21(25)19-9-5-18(6-10-19)14-24-16(3)13-15(2)23-24/h5-13H,4,14H2,1-3H3,(H,22,25). The second-order valence-corrected chi connectivity index (χ2v) is 6.29. The maximum Gasteiger partial charge on any atom is 0.255 e. The lowest BCUT2D eigenvalue weighted by atomic mass is 10.1. The van der Waals surface area contributed by atoms with Crippen molar-refractivity contribution in [2.24, 2.45) is 0 Å². The van der Waals surface area contributed by atoms with Crippen LogP contribution in [0.4, 0.5) is 5.69 Å². The zero-order valence-electron chi connectivity index (χ0n) is 14.9. The molecule has 0 atom stereocenters. The minimum absolute atomic E-state index is 0.0955. The summed E-state index contributed by atoms with van der Waals surface area (Å²) in [7, 11) is 0. The zero-order valence-corrected chi connectivity index (χ0v) is 14.9. The van der Waals surface area contributed by atoms with Crippen LogP contribution >= 0.6 is 0 Å². The molecule has 0 fully saturated rings. The topological polar surface area (TPSA) is 46.9 Å². The Labute approximate surface area is 148 Å². The van der Waals surface area contributed by atoms with Gasteiger partial charge in [-0.25, -0.2) is 0 Å². The molecule has 0 aliphatic heterocycles. The van der Waals surface area contributed by atoms with E-state index in [-0.39, 0.29) is 5.91 Å². The molecule has 4 heteroatoms. The van der Waals surface area contributed by atoms with Crippen molar-refractivity contribution in [2.45, 2.75) is 33.7 Å². The fourth-order valence-electron chi connectivity index (χ4n) is 2.80. The first-order valence-corrected chi connectivity index (χ1v) is 8.55.